The smallest absolute Gasteiger partial charge is 0.332 e. The van der Waals surface area contributed by atoms with Crippen LogP contribution in [0.1, 0.15) is 16.7 Å². The summed E-state index contributed by atoms with van der Waals surface area (Å²) in [6.07, 6.45) is -0.0969. The van der Waals surface area contributed by atoms with E-state index < -0.39 is 12.2 Å². The lowest BCUT2D eigenvalue weighted by molar-refractivity contribution is -0.157. The molecule has 4 aromatic rings. The molecule has 2 atom stereocenters. The number of benzene rings is 3. The average molecular weight is 598 g/mol. The molecule has 3 aromatic carbocycles. The van der Waals surface area contributed by atoms with E-state index in [9.17, 15) is 14.4 Å². The molecule has 0 spiro atoms. The van der Waals surface area contributed by atoms with Gasteiger partial charge in [-0.15, -0.1) is 0 Å². The van der Waals surface area contributed by atoms with Crippen LogP contribution in [0.25, 0.3) is 10.2 Å². The third-order valence-electron chi connectivity index (χ3n) is 8.04. The number of hydrazine groups is 1. The zero-order valence-electron chi connectivity index (χ0n) is 24.5. The minimum Gasteiger partial charge on any atom is -0.354 e. The van der Waals surface area contributed by atoms with Crippen LogP contribution >= 0.6 is 11.3 Å². The molecule has 222 valence electrons. The van der Waals surface area contributed by atoms with Gasteiger partial charge in [0.15, 0.2) is 5.13 Å². The third kappa shape index (κ3) is 5.78. The Hall–Kier alpha value is -4.48. The number of nitrogens with zero attached hydrogens (tertiary/aromatic N) is 6. The van der Waals surface area contributed by atoms with E-state index in [0.29, 0.717) is 19.5 Å². The molecule has 11 heteroatoms. The maximum absolute atomic E-state index is 14.1. The summed E-state index contributed by atoms with van der Waals surface area (Å²) in [5.74, 6) is -0.273. The van der Waals surface area contributed by atoms with Gasteiger partial charge in [0.05, 0.1) is 23.3 Å². The first-order valence-electron chi connectivity index (χ1n) is 14.3. The predicted octanol–water partition coefficient (Wildman–Crippen LogP) is 3.54. The van der Waals surface area contributed by atoms with Crippen molar-refractivity contribution in [3.8, 4) is 0 Å². The second-order valence-electron chi connectivity index (χ2n) is 11.1. The number of piperazine rings is 1. The lowest BCUT2D eigenvalue weighted by Gasteiger charge is -2.45. The fourth-order valence-corrected chi connectivity index (χ4v) is 6.75. The van der Waals surface area contributed by atoms with Crippen LogP contribution in [0.15, 0.2) is 78.9 Å². The van der Waals surface area contributed by atoms with Crippen molar-refractivity contribution in [3.05, 3.63) is 95.6 Å². The monoisotopic (exact) mass is 597 g/mol. The number of amides is 4. The number of urea groups is 1. The largest absolute Gasteiger partial charge is 0.354 e. The first-order valence-corrected chi connectivity index (χ1v) is 15.1. The highest BCUT2D eigenvalue weighted by Crippen LogP contribution is 2.33. The van der Waals surface area contributed by atoms with E-state index >= 15 is 0 Å². The molecule has 6 rings (SSSR count). The molecule has 2 aliphatic rings. The number of para-hydroxylation sites is 1. The van der Waals surface area contributed by atoms with E-state index in [4.69, 9.17) is 4.98 Å². The zero-order valence-corrected chi connectivity index (χ0v) is 25.3. The summed E-state index contributed by atoms with van der Waals surface area (Å²) in [6, 6.07) is 24.5. The minimum atomic E-state index is -0.689. The quantitative estimate of drug-likeness (QED) is 0.334. The third-order valence-corrected chi connectivity index (χ3v) is 9.23. The summed E-state index contributed by atoms with van der Waals surface area (Å²) in [4.78, 5) is 51.2. The fraction of sp³-hybridized carbons (Fsp3) is 0.312. The van der Waals surface area contributed by atoms with E-state index in [1.807, 2.05) is 103 Å². The Bertz CT molecular complexity index is 1630. The molecule has 10 nitrogen and oxygen atoms in total. The van der Waals surface area contributed by atoms with Gasteiger partial charge in [-0.3, -0.25) is 14.6 Å². The van der Waals surface area contributed by atoms with Gasteiger partial charge in [-0.1, -0.05) is 84.1 Å². The second-order valence-corrected chi connectivity index (χ2v) is 12.1. The number of aromatic nitrogens is 1. The summed E-state index contributed by atoms with van der Waals surface area (Å²) >= 11 is 1.61. The first-order chi connectivity index (χ1) is 20.8. The van der Waals surface area contributed by atoms with Crippen molar-refractivity contribution in [2.45, 2.75) is 31.7 Å². The highest BCUT2D eigenvalue weighted by molar-refractivity contribution is 7.22. The average Bonchev–Trinajstić information content (AvgIpc) is 3.60. The molecule has 2 aliphatic heterocycles. The molecule has 3 heterocycles. The summed E-state index contributed by atoms with van der Waals surface area (Å²) in [7, 11) is 5.60. The number of fused-ring (bicyclic) bond motifs is 2. The van der Waals surface area contributed by atoms with Gasteiger partial charge in [-0.25, -0.2) is 9.78 Å². The van der Waals surface area contributed by atoms with E-state index in [1.54, 1.807) is 28.3 Å². The van der Waals surface area contributed by atoms with Crippen molar-refractivity contribution in [3.63, 3.8) is 0 Å². The molecule has 0 radical (unpaired) electrons. The lowest BCUT2D eigenvalue weighted by Crippen LogP contribution is -2.65. The standard InChI is InChI=1S/C32H35N7O3S/c1-35(2)32-34-29-24(15-10-16-26(29)43-32)19-37-20-27-38(36(3)31(42)33-18-23-13-8-5-9-14-23)21-28(40)39(27)25(30(37)41)17-22-11-6-4-7-12-22/h4-16,25,27H,17-21H2,1-3H3,(H,33,42)/t25?,27-/m1/s1. The molecular formula is C32H35N7O3S. The van der Waals surface area contributed by atoms with Gasteiger partial charge in [-0.2, -0.15) is 5.01 Å². The first kappa shape index (κ1) is 28.6. The molecule has 2 saturated heterocycles. The number of carbonyl (C=O) groups excluding carboxylic acids is 3. The van der Waals surface area contributed by atoms with Crippen LogP contribution in [0.3, 0.4) is 0 Å². The maximum Gasteiger partial charge on any atom is 0.332 e. The Kier molecular flexibility index (Phi) is 8.00. The Morgan fingerprint density at radius 1 is 0.953 bits per heavy atom. The van der Waals surface area contributed by atoms with E-state index in [-0.39, 0.29) is 30.9 Å². The molecule has 1 N–H and O–H groups in total. The van der Waals surface area contributed by atoms with E-state index in [0.717, 1.165) is 32.0 Å². The summed E-state index contributed by atoms with van der Waals surface area (Å²) in [5, 5.41) is 7.10. The Labute approximate surface area is 255 Å². The van der Waals surface area contributed by atoms with Crippen LogP contribution in [0.5, 0.6) is 0 Å². The molecule has 43 heavy (non-hydrogen) atoms. The van der Waals surface area contributed by atoms with Gasteiger partial charge in [0.2, 0.25) is 11.8 Å². The van der Waals surface area contributed by atoms with Crippen LogP contribution in [0.4, 0.5) is 9.93 Å². The van der Waals surface area contributed by atoms with Gasteiger partial charge in [0.25, 0.3) is 0 Å². The van der Waals surface area contributed by atoms with Crippen molar-refractivity contribution in [1.82, 2.24) is 30.1 Å². The number of hydrogen-bond acceptors (Lipinski definition) is 7. The van der Waals surface area contributed by atoms with Crippen LogP contribution in [-0.4, -0.2) is 89.1 Å². The lowest BCUT2D eigenvalue weighted by atomic mass is 10.00. The zero-order chi connectivity index (χ0) is 30.1. The van der Waals surface area contributed by atoms with Crippen molar-refractivity contribution in [1.29, 1.82) is 0 Å². The molecule has 2 fully saturated rings. The number of nitrogens with one attached hydrogen (secondary N) is 1. The van der Waals surface area contributed by atoms with Crippen LogP contribution in [0, 0.1) is 0 Å². The van der Waals surface area contributed by atoms with Gasteiger partial charge in [0, 0.05) is 40.7 Å². The molecule has 0 saturated carbocycles. The van der Waals surface area contributed by atoms with E-state index in [2.05, 4.69) is 5.32 Å². The Balaban J connectivity index is 1.29. The van der Waals surface area contributed by atoms with Crippen molar-refractivity contribution in [2.24, 2.45) is 0 Å². The minimum absolute atomic E-state index is 0.0141. The molecular weight excluding hydrogens is 562 g/mol. The maximum atomic E-state index is 14.1. The van der Waals surface area contributed by atoms with Crippen molar-refractivity contribution in [2.75, 3.05) is 39.1 Å². The van der Waals surface area contributed by atoms with Crippen LogP contribution in [0.2, 0.25) is 0 Å². The molecule has 4 amide bonds. The second kappa shape index (κ2) is 12.0. The number of thiazole rings is 1. The Morgan fingerprint density at radius 3 is 2.35 bits per heavy atom. The van der Waals surface area contributed by atoms with Crippen molar-refractivity contribution < 1.29 is 14.4 Å². The number of rotatable bonds is 8. The van der Waals surface area contributed by atoms with Gasteiger partial charge < -0.3 is 20.0 Å². The summed E-state index contributed by atoms with van der Waals surface area (Å²) in [5.41, 5.74) is 3.78. The Morgan fingerprint density at radius 2 is 1.65 bits per heavy atom. The van der Waals surface area contributed by atoms with Crippen LogP contribution in [-0.2, 0) is 29.1 Å². The van der Waals surface area contributed by atoms with Crippen molar-refractivity contribution >= 4 is 44.5 Å². The number of anilines is 1. The predicted molar refractivity (Wildman–Crippen MR) is 167 cm³/mol. The van der Waals surface area contributed by atoms with Crippen LogP contribution < -0.4 is 10.2 Å². The summed E-state index contributed by atoms with van der Waals surface area (Å²) in [6.45, 7) is 1.01. The normalized spacial score (nSPS) is 18.7. The highest BCUT2D eigenvalue weighted by Gasteiger charge is 2.51. The van der Waals surface area contributed by atoms with Gasteiger partial charge in [-0.05, 0) is 22.8 Å². The molecule has 1 unspecified atom stereocenters. The van der Waals surface area contributed by atoms with Gasteiger partial charge >= 0.3 is 6.03 Å². The topological polar surface area (TPSA) is 92.3 Å². The fourth-order valence-electron chi connectivity index (χ4n) is 5.81. The van der Waals surface area contributed by atoms with Gasteiger partial charge in [0.1, 0.15) is 12.2 Å². The van der Waals surface area contributed by atoms with E-state index in [1.165, 1.54) is 5.01 Å². The number of carbonyl (C=O) groups is 3. The summed E-state index contributed by atoms with van der Waals surface area (Å²) < 4.78 is 1.06. The SMILES string of the molecule is CN(C)c1nc2c(CN3C[C@H]4N(C(=O)CN4N(C)C(=O)NCc4ccccc4)C(Cc4ccccc4)C3=O)cccc2s1. The number of hydrogen-bond donors (Lipinski definition) is 1. The highest BCUT2D eigenvalue weighted by atomic mass is 32.1. The molecule has 0 aliphatic carbocycles. The molecule has 1 aromatic heterocycles. The molecule has 0 bridgehead atoms.